The fourth-order valence-electron chi connectivity index (χ4n) is 1.77. The SMILES string of the molecule is CC(C)(C)NCc1ccn(Cc2ccc(F)cc2Cl)n1. The number of hydrogen-bond donors (Lipinski definition) is 1. The molecule has 0 aliphatic rings. The van der Waals surface area contributed by atoms with Crippen LogP contribution < -0.4 is 5.32 Å². The number of nitrogens with zero attached hydrogens (tertiary/aromatic N) is 2. The average molecular weight is 296 g/mol. The normalized spacial score (nSPS) is 11.8. The second kappa shape index (κ2) is 5.94. The first kappa shape index (κ1) is 15.0. The first-order valence-corrected chi connectivity index (χ1v) is 6.92. The van der Waals surface area contributed by atoms with Gasteiger partial charge in [0.05, 0.1) is 12.2 Å². The third kappa shape index (κ3) is 4.32. The largest absolute Gasteiger partial charge is 0.306 e. The predicted octanol–water partition coefficient (Wildman–Crippen LogP) is 3.61. The standard InChI is InChI=1S/C15H19ClFN3/c1-15(2,3)18-9-13-6-7-20(19-13)10-11-4-5-12(17)8-14(11)16/h4-8,18H,9-10H2,1-3H3. The maximum Gasteiger partial charge on any atom is 0.124 e. The molecule has 0 bridgehead atoms. The molecule has 0 saturated carbocycles. The number of rotatable bonds is 4. The molecular weight excluding hydrogens is 277 g/mol. The van der Waals surface area contributed by atoms with Crippen LogP contribution in [0, 0.1) is 5.82 Å². The molecule has 1 heterocycles. The molecule has 3 nitrogen and oxygen atoms in total. The topological polar surface area (TPSA) is 29.9 Å². The summed E-state index contributed by atoms with van der Waals surface area (Å²) in [5, 5.41) is 8.28. The van der Waals surface area contributed by atoms with Gasteiger partial charge in [-0.05, 0) is 44.5 Å². The molecular formula is C15H19ClFN3. The molecule has 0 aliphatic heterocycles. The van der Waals surface area contributed by atoms with Gasteiger partial charge in [0.1, 0.15) is 5.82 Å². The molecule has 0 unspecified atom stereocenters. The Bertz CT molecular complexity index is 587. The van der Waals surface area contributed by atoms with E-state index in [0.717, 1.165) is 11.3 Å². The van der Waals surface area contributed by atoms with E-state index in [1.165, 1.54) is 12.1 Å². The smallest absolute Gasteiger partial charge is 0.124 e. The first-order chi connectivity index (χ1) is 9.33. The fourth-order valence-corrected chi connectivity index (χ4v) is 1.99. The molecule has 0 fully saturated rings. The molecule has 108 valence electrons. The lowest BCUT2D eigenvalue weighted by molar-refractivity contribution is 0.419. The van der Waals surface area contributed by atoms with Crippen LogP contribution in [0.25, 0.3) is 0 Å². The van der Waals surface area contributed by atoms with Gasteiger partial charge in [-0.25, -0.2) is 4.39 Å². The Kier molecular flexibility index (Phi) is 4.45. The Morgan fingerprint density at radius 2 is 2.05 bits per heavy atom. The quantitative estimate of drug-likeness (QED) is 0.934. The van der Waals surface area contributed by atoms with Crippen LogP contribution in [0.15, 0.2) is 30.5 Å². The zero-order valence-electron chi connectivity index (χ0n) is 12.0. The van der Waals surface area contributed by atoms with E-state index in [0.29, 0.717) is 18.1 Å². The zero-order valence-corrected chi connectivity index (χ0v) is 12.7. The summed E-state index contributed by atoms with van der Waals surface area (Å²) in [5.74, 6) is -0.325. The first-order valence-electron chi connectivity index (χ1n) is 6.55. The Morgan fingerprint density at radius 3 is 2.70 bits per heavy atom. The highest BCUT2D eigenvalue weighted by molar-refractivity contribution is 6.31. The molecule has 20 heavy (non-hydrogen) atoms. The number of nitrogens with one attached hydrogen (secondary N) is 1. The molecule has 0 saturated heterocycles. The zero-order chi connectivity index (χ0) is 14.8. The van der Waals surface area contributed by atoms with Gasteiger partial charge in [-0.2, -0.15) is 5.10 Å². The lowest BCUT2D eigenvalue weighted by Crippen LogP contribution is -2.35. The van der Waals surface area contributed by atoms with Crippen molar-refractivity contribution >= 4 is 11.6 Å². The maximum absolute atomic E-state index is 13.0. The summed E-state index contributed by atoms with van der Waals surface area (Å²) in [5.41, 5.74) is 1.88. The lowest BCUT2D eigenvalue weighted by Gasteiger charge is -2.19. The molecule has 0 aliphatic carbocycles. The molecule has 1 N–H and O–H groups in total. The van der Waals surface area contributed by atoms with Gasteiger partial charge in [-0.15, -0.1) is 0 Å². The van der Waals surface area contributed by atoms with Gasteiger partial charge in [0.15, 0.2) is 0 Å². The second-order valence-electron chi connectivity index (χ2n) is 5.84. The van der Waals surface area contributed by atoms with Crippen molar-refractivity contribution in [2.45, 2.75) is 39.4 Å². The van der Waals surface area contributed by atoms with Crippen LogP contribution in [0.2, 0.25) is 5.02 Å². The van der Waals surface area contributed by atoms with Crippen LogP contribution >= 0.6 is 11.6 Å². The molecule has 5 heteroatoms. The van der Waals surface area contributed by atoms with Gasteiger partial charge < -0.3 is 5.32 Å². The number of aromatic nitrogens is 2. The molecule has 0 atom stereocenters. The highest BCUT2D eigenvalue weighted by Crippen LogP contribution is 2.18. The van der Waals surface area contributed by atoms with Gasteiger partial charge in [0.25, 0.3) is 0 Å². The maximum atomic E-state index is 13.0. The average Bonchev–Trinajstić information content (AvgIpc) is 2.77. The number of halogens is 2. The van der Waals surface area contributed by atoms with Gasteiger partial charge in [-0.3, -0.25) is 4.68 Å². The van der Waals surface area contributed by atoms with Crippen LogP contribution in [0.4, 0.5) is 4.39 Å². The van der Waals surface area contributed by atoms with Gasteiger partial charge in [0, 0.05) is 23.3 Å². The number of benzene rings is 1. The van der Waals surface area contributed by atoms with Crippen molar-refractivity contribution in [3.8, 4) is 0 Å². The summed E-state index contributed by atoms with van der Waals surface area (Å²) in [6, 6.07) is 6.39. The minimum atomic E-state index is -0.325. The van der Waals surface area contributed by atoms with E-state index in [2.05, 4.69) is 31.2 Å². The summed E-state index contributed by atoms with van der Waals surface area (Å²) >= 11 is 6.01. The summed E-state index contributed by atoms with van der Waals surface area (Å²) in [7, 11) is 0. The van der Waals surface area contributed by atoms with E-state index in [1.807, 2.05) is 12.3 Å². The highest BCUT2D eigenvalue weighted by atomic mass is 35.5. The molecule has 2 rings (SSSR count). The third-order valence-corrected chi connectivity index (χ3v) is 3.20. The minimum absolute atomic E-state index is 0.0596. The van der Waals surface area contributed by atoms with E-state index < -0.39 is 0 Å². The molecule has 1 aromatic carbocycles. The van der Waals surface area contributed by atoms with Crippen LogP contribution in [0.3, 0.4) is 0 Å². The monoisotopic (exact) mass is 295 g/mol. The van der Waals surface area contributed by atoms with Crippen LogP contribution in [-0.2, 0) is 13.1 Å². The molecule has 0 radical (unpaired) electrons. The molecule has 0 spiro atoms. The minimum Gasteiger partial charge on any atom is -0.306 e. The van der Waals surface area contributed by atoms with E-state index in [1.54, 1.807) is 10.7 Å². The van der Waals surface area contributed by atoms with Crippen molar-refractivity contribution in [2.24, 2.45) is 0 Å². The van der Waals surface area contributed by atoms with Gasteiger partial charge in [0.2, 0.25) is 0 Å². The number of hydrogen-bond acceptors (Lipinski definition) is 2. The summed E-state index contributed by atoms with van der Waals surface area (Å²) in [6.07, 6.45) is 1.90. The van der Waals surface area contributed by atoms with Crippen LogP contribution in [0.1, 0.15) is 32.0 Å². The van der Waals surface area contributed by atoms with Crippen LogP contribution in [0.5, 0.6) is 0 Å². The molecule has 0 amide bonds. The predicted molar refractivity (Wildman–Crippen MR) is 79.3 cm³/mol. The second-order valence-corrected chi connectivity index (χ2v) is 6.25. The van der Waals surface area contributed by atoms with Crippen molar-refractivity contribution < 1.29 is 4.39 Å². The van der Waals surface area contributed by atoms with Crippen molar-refractivity contribution in [3.05, 3.63) is 52.6 Å². The Labute approximate surface area is 123 Å². The Balaban J connectivity index is 2.02. The van der Waals surface area contributed by atoms with Crippen LogP contribution in [-0.4, -0.2) is 15.3 Å². The Hall–Kier alpha value is -1.39. The molecule has 2 aromatic rings. The van der Waals surface area contributed by atoms with Crippen molar-refractivity contribution in [2.75, 3.05) is 0 Å². The highest BCUT2D eigenvalue weighted by Gasteiger charge is 2.10. The Morgan fingerprint density at radius 1 is 1.30 bits per heavy atom. The van der Waals surface area contributed by atoms with E-state index in [4.69, 9.17) is 11.6 Å². The van der Waals surface area contributed by atoms with E-state index >= 15 is 0 Å². The van der Waals surface area contributed by atoms with Gasteiger partial charge in [-0.1, -0.05) is 17.7 Å². The third-order valence-electron chi connectivity index (χ3n) is 2.84. The van der Waals surface area contributed by atoms with Crippen molar-refractivity contribution in [1.82, 2.24) is 15.1 Å². The van der Waals surface area contributed by atoms with E-state index in [-0.39, 0.29) is 11.4 Å². The van der Waals surface area contributed by atoms with Crippen molar-refractivity contribution in [1.29, 1.82) is 0 Å². The van der Waals surface area contributed by atoms with Crippen molar-refractivity contribution in [3.63, 3.8) is 0 Å². The molecule has 1 aromatic heterocycles. The lowest BCUT2D eigenvalue weighted by atomic mass is 10.1. The summed E-state index contributed by atoms with van der Waals surface area (Å²) in [6.45, 7) is 7.59. The van der Waals surface area contributed by atoms with E-state index in [9.17, 15) is 4.39 Å². The summed E-state index contributed by atoms with van der Waals surface area (Å²) in [4.78, 5) is 0. The van der Waals surface area contributed by atoms with Gasteiger partial charge >= 0.3 is 0 Å². The summed E-state index contributed by atoms with van der Waals surface area (Å²) < 4.78 is 14.8. The fraction of sp³-hybridized carbons (Fsp3) is 0.400.